The van der Waals surface area contributed by atoms with E-state index in [0.29, 0.717) is 12.4 Å². The lowest BCUT2D eigenvalue weighted by Gasteiger charge is -2.17. The van der Waals surface area contributed by atoms with Crippen molar-refractivity contribution in [1.82, 2.24) is 9.88 Å². The Bertz CT molecular complexity index is 633. The number of likely N-dealkylation sites (tertiary alicyclic amines) is 1. The third-order valence-corrected chi connectivity index (χ3v) is 4.10. The highest BCUT2D eigenvalue weighted by Gasteiger charge is 2.28. The van der Waals surface area contributed by atoms with Crippen LogP contribution in [0, 0.1) is 3.57 Å². The first-order valence-corrected chi connectivity index (χ1v) is 7.93. The van der Waals surface area contributed by atoms with Crippen LogP contribution in [0.25, 0.3) is 0 Å². The summed E-state index contributed by atoms with van der Waals surface area (Å²) in [5.74, 6) is 0.687. The minimum Gasteiger partial charge on any atom is -0.472 e. The molecule has 0 aliphatic carbocycles. The van der Waals surface area contributed by atoms with E-state index in [-0.39, 0.29) is 12.0 Å². The standard InChI is InChI=1S/C16H15IN2O2/c17-13-5-3-4-12(10-13)16(20)19-9-7-14(11-19)21-15-6-1-2-8-18-15/h1-6,8,10,14H,7,9,11H2. The van der Waals surface area contributed by atoms with Crippen molar-refractivity contribution in [3.8, 4) is 5.88 Å². The second-order valence-corrected chi connectivity index (χ2v) is 6.20. The second kappa shape index (κ2) is 6.43. The van der Waals surface area contributed by atoms with Crippen LogP contribution < -0.4 is 4.74 Å². The summed E-state index contributed by atoms with van der Waals surface area (Å²) in [7, 11) is 0. The fraction of sp³-hybridized carbons (Fsp3) is 0.250. The van der Waals surface area contributed by atoms with Crippen LogP contribution in [0.5, 0.6) is 5.88 Å². The Hall–Kier alpha value is -1.63. The molecule has 3 rings (SSSR count). The van der Waals surface area contributed by atoms with E-state index in [1.807, 2.05) is 47.4 Å². The summed E-state index contributed by atoms with van der Waals surface area (Å²) >= 11 is 2.22. The van der Waals surface area contributed by atoms with Crippen molar-refractivity contribution in [2.24, 2.45) is 0 Å². The number of carbonyl (C=O) groups excluding carboxylic acids is 1. The molecular formula is C16H15IN2O2. The Labute approximate surface area is 137 Å². The lowest BCUT2D eigenvalue weighted by Crippen LogP contribution is -2.31. The maximum atomic E-state index is 12.4. The van der Waals surface area contributed by atoms with E-state index in [9.17, 15) is 4.79 Å². The zero-order valence-corrected chi connectivity index (χ0v) is 13.6. The monoisotopic (exact) mass is 394 g/mol. The van der Waals surface area contributed by atoms with Crippen LogP contribution in [-0.4, -0.2) is 35.0 Å². The highest BCUT2D eigenvalue weighted by molar-refractivity contribution is 14.1. The van der Waals surface area contributed by atoms with Crippen LogP contribution in [0.1, 0.15) is 16.8 Å². The lowest BCUT2D eigenvalue weighted by atomic mass is 10.2. The number of aromatic nitrogens is 1. The summed E-state index contributed by atoms with van der Waals surface area (Å²) in [6.07, 6.45) is 2.57. The van der Waals surface area contributed by atoms with Gasteiger partial charge < -0.3 is 9.64 Å². The molecule has 1 fully saturated rings. The zero-order chi connectivity index (χ0) is 14.7. The number of hydrogen-bond acceptors (Lipinski definition) is 3. The molecule has 5 heteroatoms. The summed E-state index contributed by atoms with van der Waals surface area (Å²) in [6.45, 7) is 1.34. The van der Waals surface area contributed by atoms with Crippen molar-refractivity contribution in [3.05, 3.63) is 57.8 Å². The number of benzene rings is 1. The van der Waals surface area contributed by atoms with E-state index in [1.54, 1.807) is 6.20 Å². The van der Waals surface area contributed by atoms with E-state index in [2.05, 4.69) is 27.6 Å². The van der Waals surface area contributed by atoms with Gasteiger partial charge in [0.1, 0.15) is 6.10 Å². The summed E-state index contributed by atoms with van der Waals surface area (Å²) in [4.78, 5) is 18.5. The van der Waals surface area contributed by atoms with Crippen LogP contribution in [-0.2, 0) is 0 Å². The predicted molar refractivity (Wildman–Crippen MR) is 88.3 cm³/mol. The third-order valence-electron chi connectivity index (χ3n) is 3.43. The van der Waals surface area contributed by atoms with Crippen molar-refractivity contribution >= 4 is 28.5 Å². The molecule has 1 aromatic carbocycles. The molecule has 1 amide bonds. The van der Waals surface area contributed by atoms with Crippen LogP contribution in [0.4, 0.5) is 0 Å². The van der Waals surface area contributed by atoms with Crippen molar-refractivity contribution in [1.29, 1.82) is 0 Å². The van der Waals surface area contributed by atoms with Gasteiger partial charge in [-0.05, 0) is 46.9 Å². The smallest absolute Gasteiger partial charge is 0.254 e. The highest BCUT2D eigenvalue weighted by atomic mass is 127. The molecule has 1 unspecified atom stereocenters. The number of ether oxygens (including phenoxy) is 1. The van der Waals surface area contributed by atoms with Gasteiger partial charge in [0, 0.05) is 34.4 Å². The Kier molecular flexibility index (Phi) is 4.38. The molecule has 2 heterocycles. The van der Waals surface area contributed by atoms with Crippen molar-refractivity contribution < 1.29 is 9.53 Å². The lowest BCUT2D eigenvalue weighted by molar-refractivity contribution is 0.0771. The van der Waals surface area contributed by atoms with Gasteiger partial charge in [0.25, 0.3) is 5.91 Å². The van der Waals surface area contributed by atoms with Gasteiger partial charge in [0.15, 0.2) is 0 Å². The van der Waals surface area contributed by atoms with Crippen molar-refractivity contribution in [2.75, 3.05) is 13.1 Å². The molecule has 1 aromatic heterocycles. The second-order valence-electron chi connectivity index (χ2n) is 4.96. The van der Waals surface area contributed by atoms with E-state index in [0.717, 1.165) is 22.1 Å². The molecular weight excluding hydrogens is 379 g/mol. The molecule has 0 N–H and O–H groups in total. The molecule has 4 nitrogen and oxygen atoms in total. The van der Waals surface area contributed by atoms with Crippen LogP contribution in [0.2, 0.25) is 0 Å². The van der Waals surface area contributed by atoms with Gasteiger partial charge in [-0.2, -0.15) is 0 Å². The minimum absolute atomic E-state index is 0.0200. The van der Waals surface area contributed by atoms with E-state index >= 15 is 0 Å². The first kappa shape index (κ1) is 14.3. The number of pyridine rings is 1. The molecule has 0 bridgehead atoms. The molecule has 1 atom stereocenters. The van der Waals surface area contributed by atoms with Gasteiger partial charge in [-0.1, -0.05) is 12.1 Å². The summed E-state index contributed by atoms with van der Waals surface area (Å²) in [6, 6.07) is 13.2. The highest BCUT2D eigenvalue weighted by Crippen LogP contribution is 2.19. The molecule has 0 spiro atoms. The molecule has 108 valence electrons. The Morgan fingerprint density at radius 3 is 2.95 bits per heavy atom. The third kappa shape index (κ3) is 3.53. The van der Waals surface area contributed by atoms with E-state index < -0.39 is 0 Å². The van der Waals surface area contributed by atoms with Crippen LogP contribution in [0.15, 0.2) is 48.7 Å². The first-order valence-electron chi connectivity index (χ1n) is 6.85. The number of rotatable bonds is 3. The first-order chi connectivity index (χ1) is 10.2. The Balaban J connectivity index is 1.63. The van der Waals surface area contributed by atoms with Gasteiger partial charge >= 0.3 is 0 Å². The number of amides is 1. The molecule has 0 radical (unpaired) electrons. The number of hydrogen-bond donors (Lipinski definition) is 0. The van der Waals surface area contributed by atoms with Gasteiger partial charge in [0.05, 0.1) is 6.54 Å². The molecule has 0 saturated carbocycles. The zero-order valence-electron chi connectivity index (χ0n) is 11.4. The summed E-state index contributed by atoms with van der Waals surface area (Å²) in [5, 5.41) is 0. The Morgan fingerprint density at radius 2 is 2.19 bits per heavy atom. The maximum Gasteiger partial charge on any atom is 0.254 e. The average molecular weight is 394 g/mol. The maximum absolute atomic E-state index is 12.4. The SMILES string of the molecule is O=C(c1cccc(I)c1)N1CCC(Oc2ccccn2)C1. The molecule has 21 heavy (non-hydrogen) atoms. The van der Waals surface area contributed by atoms with E-state index in [4.69, 9.17) is 4.74 Å². The van der Waals surface area contributed by atoms with Gasteiger partial charge in [0.2, 0.25) is 5.88 Å². The number of halogens is 1. The molecule has 1 saturated heterocycles. The molecule has 2 aromatic rings. The summed E-state index contributed by atoms with van der Waals surface area (Å²) < 4.78 is 6.88. The largest absolute Gasteiger partial charge is 0.472 e. The average Bonchev–Trinajstić information content (AvgIpc) is 2.96. The minimum atomic E-state index is 0.0200. The fourth-order valence-electron chi connectivity index (χ4n) is 2.40. The number of nitrogens with zero attached hydrogens (tertiary/aromatic N) is 2. The van der Waals surface area contributed by atoms with Crippen LogP contribution in [0.3, 0.4) is 0 Å². The Morgan fingerprint density at radius 1 is 1.29 bits per heavy atom. The van der Waals surface area contributed by atoms with Gasteiger partial charge in [-0.25, -0.2) is 4.98 Å². The van der Waals surface area contributed by atoms with Crippen LogP contribution >= 0.6 is 22.6 Å². The molecule has 1 aliphatic heterocycles. The van der Waals surface area contributed by atoms with Crippen molar-refractivity contribution in [3.63, 3.8) is 0 Å². The topological polar surface area (TPSA) is 42.4 Å². The summed E-state index contributed by atoms with van der Waals surface area (Å²) in [5.41, 5.74) is 0.736. The quantitative estimate of drug-likeness (QED) is 0.752. The van der Waals surface area contributed by atoms with Gasteiger partial charge in [-0.15, -0.1) is 0 Å². The fourth-order valence-corrected chi connectivity index (χ4v) is 2.94. The normalized spacial score (nSPS) is 17.8. The van der Waals surface area contributed by atoms with Crippen molar-refractivity contribution in [2.45, 2.75) is 12.5 Å². The van der Waals surface area contributed by atoms with Gasteiger partial charge in [-0.3, -0.25) is 4.79 Å². The number of carbonyl (C=O) groups is 1. The molecule has 1 aliphatic rings. The predicted octanol–water partition coefficient (Wildman–Crippen LogP) is 2.98. The van der Waals surface area contributed by atoms with E-state index in [1.165, 1.54) is 0 Å².